The van der Waals surface area contributed by atoms with Crippen molar-refractivity contribution in [3.8, 4) is 0 Å². The molecule has 0 spiro atoms. The summed E-state index contributed by atoms with van der Waals surface area (Å²) in [5, 5.41) is 0. The zero-order valence-electron chi connectivity index (χ0n) is 72.7. The molecule has 0 amide bonds. The van der Waals surface area contributed by atoms with Crippen LogP contribution in [0.4, 0.5) is 0 Å². The minimum absolute atomic E-state index is 0.595. The van der Waals surface area contributed by atoms with E-state index < -0.39 is 0 Å². The Hall–Kier alpha value is -5.93. The van der Waals surface area contributed by atoms with Crippen LogP contribution in [-0.2, 0) is 17.6 Å². The molecule has 0 N–H and O–H groups in total. The summed E-state index contributed by atoms with van der Waals surface area (Å²) in [7, 11) is 0. The molecule has 2 saturated heterocycles. The zero-order chi connectivity index (χ0) is 77.8. The Kier molecular flexibility index (Phi) is 28.8. The number of fused-ring (bicyclic) bond motifs is 2. The highest BCUT2D eigenvalue weighted by Crippen LogP contribution is 2.49. The highest BCUT2D eigenvalue weighted by molar-refractivity contribution is 7.99. The number of thioether (sulfide) groups is 1. The third-order valence-electron chi connectivity index (χ3n) is 29.7. The van der Waals surface area contributed by atoms with Gasteiger partial charge in [0, 0.05) is 18.3 Å². The van der Waals surface area contributed by atoms with Gasteiger partial charge in [-0.05, 0) is 458 Å². The topological polar surface area (TPSA) is 9.23 Å². The molecule has 572 valence electrons. The largest absolute Gasteiger partial charge is 0.381 e. The smallest absolute Gasteiger partial charge is 0.0538 e. The lowest BCUT2D eigenvalue weighted by Crippen LogP contribution is -2.18. The number of benzene rings is 8. The second-order valence-electron chi connectivity index (χ2n) is 35.5. The Bertz CT molecular complexity index is 4220. The van der Waals surface area contributed by atoms with E-state index in [-0.39, 0.29) is 0 Å². The van der Waals surface area contributed by atoms with E-state index >= 15 is 0 Å². The Balaban J connectivity index is 0.000000148. The average Bonchev–Trinajstić information content (AvgIpc) is 1.35. The first-order valence-corrected chi connectivity index (χ1v) is 43.0. The van der Waals surface area contributed by atoms with Crippen LogP contribution in [0.1, 0.15) is 329 Å². The lowest BCUT2D eigenvalue weighted by atomic mass is 9.71. The summed E-state index contributed by atoms with van der Waals surface area (Å²) in [6.07, 6.45) is 13.6. The predicted molar refractivity (Wildman–Crippen MR) is 468 cm³/mol. The van der Waals surface area contributed by atoms with Gasteiger partial charge in [0.15, 0.2) is 0 Å². The molecule has 106 heavy (non-hydrogen) atoms. The van der Waals surface area contributed by atoms with Crippen LogP contribution >= 0.6 is 11.8 Å². The van der Waals surface area contributed by atoms with E-state index in [4.69, 9.17) is 4.74 Å². The molecule has 6 aliphatic rings. The third kappa shape index (κ3) is 18.1. The molecule has 4 fully saturated rings. The monoisotopic (exact) mass is 1440 g/mol. The van der Waals surface area contributed by atoms with Crippen molar-refractivity contribution in [2.45, 2.75) is 319 Å². The van der Waals surface area contributed by atoms with Gasteiger partial charge in [-0.2, -0.15) is 11.8 Å². The number of aryl methyl sites for hydroxylation is 7. The van der Waals surface area contributed by atoms with E-state index in [1.54, 1.807) is 61.2 Å². The normalized spacial score (nSPS) is 23.5. The first-order chi connectivity index (χ1) is 50.1. The molecule has 2 saturated carbocycles. The maximum absolute atomic E-state index is 5.59. The SMILES string of the molecule is Cc1cc(C2CCCC[C@H]2C)c(C)c(C)c1C.Cc1cc(C2CCC[C@H]2C)c(C)c(C)c1C.Cc1cc(C2CCc3ccccc3[C@H]2C)c(C)c(C)c1C.Cc1cc(C2COC[C@H]2C)c(C)c(C)c1C.Cc1cc(C2CSC[C@H]2C)c(C)c(C)c1C.Cc1cc(C2Cc3ccccc3[C@H]2C)c(C)c(C)c1C. The first kappa shape index (κ1) is 84.1. The highest BCUT2D eigenvalue weighted by Gasteiger charge is 2.35. The van der Waals surface area contributed by atoms with Gasteiger partial charge in [-0.25, -0.2) is 0 Å². The summed E-state index contributed by atoms with van der Waals surface area (Å²) >= 11 is 2.11. The fourth-order valence-electron chi connectivity index (χ4n) is 19.9. The molecule has 8 aromatic rings. The fourth-order valence-corrected chi connectivity index (χ4v) is 21.4. The lowest BCUT2D eigenvalue weighted by molar-refractivity contribution is 0.186. The van der Waals surface area contributed by atoms with Gasteiger partial charge in [0.05, 0.1) is 6.61 Å². The van der Waals surface area contributed by atoms with Crippen molar-refractivity contribution >= 4 is 11.8 Å². The second kappa shape index (κ2) is 36.3. The summed E-state index contributed by atoms with van der Waals surface area (Å²) in [6, 6.07) is 32.6. The Morgan fingerprint density at radius 3 is 0.925 bits per heavy atom. The van der Waals surface area contributed by atoms with Crippen LogP contribution in [0, 0.1) is 190 Å². The molecular formula is C104H144OS. The molecule has 2 heteroatoms. The van der Waals surface area contributed by atoms with Gasteiger partial charge in [-0.1, -0.05) is 159 Å². The Labute approximate surface area is 653 Å². The van der Waals surface area contributed by atoms with Gasteiger partial charge in [0.25, 0.3) is 0 Å². The van der Waals surface area contributed by atoms with Crippen molar-refractivity contribution in [1.82, 2.24) is 0 Å². The van der Waals surface area contributed by atoms with Crippen molar-refractivity contribution in [2.75, 3.05) is 24.7 Å². The molecule has 4 aliphatic carbocycles. The van der Waals surface area contributed by atoms with E-state index in [1.807, 2.05) is 0 Å². The maximum Gasteiger partial charge on any atom is 0.0538 e. The lowest BCUT2D eigenvalue weighted by Gasteiger charge is -2.33. The summed E-state index contributed by atoms with van der Waals surface area (Å²) in [4.78, 5) is 0. The molecule has 12 atom stereocenters. The molecular weight excluding hydrogens is 1300 g/mol. The van der Waals surface area contributed by atoms with Crippen LogP contribution in [0.15, 0.2) is 84.9 Å². The van der Waals surface area contributed by atoms with Crippen LogP contribution in [0.3, 0.4) is 0 Å². The summed E-state index contributed by atoms with van der Waals surface area (Å²) in [5.41, 5.74) is 51.2. The van der Waals surface area contributed by atoms with E-state index in [9.17, 15) is 0 Å². The minimum Gasteiger partial charge on any atom is -0.381 e. The average molecular weight is 1440 g/mol. The van der Waals surface area contributed by atoms with E-state index in [0.717, 1.165) is 48.7 Å². The van der Waals surface area contributed by atoms with Crippen LogP contribution < -0.4 is 0 Å². The van der Waals surface area contributed by atoms with Crippen molar-refractivity contribution in [3.05, 3.63) is 274 Å². The Morgan fingerprint density at radius 2 is 0.575 bits per heavy atom. The summed E-state index contributed by atoms with van der Waals surface area (Å²) < 4.78 is 5.59. The van der Waals surface area contributed by atoms with Crippen molar-refractivity contribution in [3.63, 3.8) is 0 Å². The number of hydrogen-bond acceptors (Lipinski definition) is 2. The third-order valence-corrected chi connectivity index (χ3v) is 31.0. The Morgan fingerprint density at radius 1 is 0.255 bits per heavy atom. The predicted octanol–water partition coefficient (Wildman–Crippen LogP) is 29.2. The quantitative estimate of drug-likeness (QED) is 0.164. The summed E-state index contributed by atoms with van der Waals surface area (Å²) in [6.45, 7) is 70.5. The molecule has 0 aromatic heterocycles. The maximum atomic E-state index is 5.59. The van der Waals surface area contributed by atoms with Gasteiger partial charge >= 0.3 is 0 Å². The van der Waals surface area contributed by atoms with Crippen LogP contribution in [0.2, 0.25) is 0 Å². The molecule has 14 rings (SSSR count). The minimum atomic E-state index is 0.595. The van der Waals surface area contributed by atoms with Gasteiger partial charge in [-0.15, -0.1) is 0 Å². The van der Waals surface area contributed by atoms with Crippen molar-refractivity contribution in [1.29, 1.82) is 0 Å². The molecule has 2 aliphatic heterocycles. The zero-order valence-corrected chi connectivity index (χ0v) is 73.5. The number of ether oxygens (including phenoxy) is 1. The molecule has 0 bridgehead atoms. The van der Waals surface area contributed by atoms with Crippen LogP contribution in [0.5, 0.6) is 0 Å². The molecule has 1 nitrogen and oxygen atoms in total. The van der Waals surface area contributed by atoms with E-state index in [2.05, 4.69) is 304 Å². The fraction of sp³-hybridized carbons (Fsp3) is 0.538. The molecule has 6 unspecified atom stereocenters. The standard InChI is InChI=1S/C21H26.C20H24.C17H26.C16H24.C15H22O.C15H22S/c1-13-12-21(16(4)15(3)14(13)2)20-11-10-18-8-6-7-9-19(18)17(20)5;1-12-10-19(15(4)14(3)13(12)2)20-11-17-8-6-7-9-18(17)16(20)5;1-11-8-6-7-9-16(11)17-10-12(2)13(3)14(4)15(17)5;1-10-7-6-8-15(10)16-9-11(2)12(3)13(4)14(16)5;2*1-9-6-14(13(5)12(4)11(9)3)15-8-16-7-10(15)2/h6-9,12,17,20H,10-11H2,1-5H3;6-10,16,20H,11H2,1-5H3;10-11,16H,6-9H2,1-5H3;9-10,15H,6-8H2,1-5H3;2*6,10,15H,7-8H2,1-5H3/t17-,20?;16-,20?;11-,16?;3*10-,15?/m111111/s1. The number of rotatable bonds is 6. The van der Waals surface area contributed by atoms with Crippen LogP contribution in [-0.4, -0.2) is 24.7 Å². The van der Waals surface area contributed by atoms with Crippen molar-refractivity contribution < 1.29 is 4.74 Å². The second-order valence-corrected chi connectivity index (χ2v) is 36.6. The molecule has 8 aromatic carbocycles. The van der Waals surface area contributed by atoms with Gasteiger partial charge in [0.1, 0.15) is 0 Å². The van der Waals surface area contributed by atoms with Crippen LogP contribution in [0.25, 0.3) is 0 Å². The van der Waals surface area contributed by atoms with Gasteiger partial charge in [0.2, 0.25) is 0 Å². The van der Waals surface area contributed by atoms with Crippen molar-refractivity contribution in [2.24, 2.45) is 23.7 Å². The first-order valence-electron chi connectivity index (χ1n) is 41.8. The molecule has 0 radical (unpaired) electrons. The van der Waals surface area contributed by atoms with E-state index in [1.165, 1.54) is 204 Å². The highest BCUT2D eigenvalue weighted by atomic mass is 32.2. The number of hydrogen-bond donors (Lipinski definition) is 0. The van der Waals surface area contributed by atoms with Gasteiger partial charge < -0.3 is 4.74 Å². The van der Waals surface area contributed by atoms with Gasteiger partial charge in [-0.3, -0.25) is 0 Å². The van der Waals surface area contributed by atoms with E-state index in [0.29, 0.717) is 35.5 Å². The molecule has 2 heterocycles. The summed E-state index contributed by atoms with van der Waals surface area (Å²) in [5.74, 6) is 11.4.